The molecule has 0 saturated carbocycles. The maximum Gasteiger partial charge on any atom is 0.220 e. The number of rotatable bonds is 7. The van der Waals surface area contributed by atoms with Crippen molar-refractivity contribution < 1.29 is 9.90 Å². The lowest BCUT2D eigenvalue weighted by atomic mass is 9.93. The van der Waals surface area contributed by atoms with Crippen LogP contribution >= 0.6 is 0 Å². The van der Waals surface area contributed by atoms with E-state index in [2.05, 4.69) is 10.4 Å². The molecule has 112 valence electrons. The first-order chi connectivity index (χ1) is 9.76. The van der Waals surface area contributed by atoms with Gasteiger partial charge in [0.15, 0.2) is 0 Å². The number of aliphatic hydroxyl groups is 1. The van der Waals surface area contributed by atoms with Crippen LogP contribution in [-0.4, -0.2) is 33.9 Å². The Balaban J connectivity index is 1.96. The summed E-state index contributed by atoms with van der Waals surface area (Å²) in [5.74, 6) is 0.0891. The normalized spacial score (nSPS) is 17.8. The lowest BCUT2D eigenvalue weighted by Gasteiger charge is -2.24. The van der Waals surface area contributed by atoms with Crippen molar-refractivity contribution in [2.24, 2.45) is 5.73 Å². The van der Waals surface area contributed by atoms with Crippen LogP contribution in [0.15, 0.2) is 6.20 Å². The van der Waals surface area contributed by atoms with Gasteiger partial charge in [0.05, 0.1) is 25.4 Å². The Morgan fingerprint density at radius 3 is 3.15 bits per heavy atom. The number of carbonyl (C=O) groups excluding carboxylic acids is 1. The number of unbranched alkanes of at least 4 members (excludes halogenated alkanes) is 1. The zero-order chi connectivity index (χ0) is 14.4. The van der Waals surface area contributed by atoms with Gasteiger partial charge in [-0.2, -0.15) is 5.10 Å². The minimum atomic E-state index is 0.0663. The van der Waals surface area contributed by atoms with Gasteiger partial charge in [-0.25, -0.2) is 0 Å². The number of hydrogen-bond donors (Lipinski definition) is 3. The second-order valence-electron chi connectivity index (χ2n) is 5.25. The number of fused-ring (bicyclic) bond motifs is 1. The minimum Gasteiger partial charge on any atom is -0.394 e. The minimum absolute atomic E-state index is 0.0663. The summed E-state index contributed by atoms with van der Waals surface area (Å²) in [4.78, 5) is 11.9. The van der Waals surface area contributed by atoms with E-state index in [9.17, 15) is 4.79 Å². The molecule has 6 nitrogen and oxygen atoms in total. The van der Waals surface area contributed by atoms with Gasteiger partial charge in [-0.1, -0.05) is 0 Å². The zero-order valence-corrected chi connectivity index (χ0v) is 11.8. The fourth-order valence-electron chi connectivity index (χ4n) is 2.75. The van der Waals surface area contributed by atoms with E-state index in [0.717, 1.165) is 43.4 Å². The average molecular weight is 280 g/mol. The second kappa shape index (κ2) is 7.40. The van der Waals surface area contributed by atoms with E-state index in [0.29, 0.717) is 19.5 Å². The highest BCUT2D eigenvalue weighted by molar-refractivity contribution is 5.76. The molecule has 4 N–H and O–H groups in total. The molecule has 1 unspecified atom stereocenters. The van der Waals surface area contributed by atoms with Gasteiger partial charge in [-0.15, -0.1) is 0 Å². The van der Waals surface area contributed by atoms with Crippen LogP contribution in [0.1, 0.15) is 49.4 Å². The highest BCUT2D eigenvalue weighted by Gasteiger charge is 2.25. The van der Waals surface area contributed by atoms with Crippen molar-refractivity contribution in [3.8, 4) is 0 Å². The molecule has 0 aliphatic heterocycles. The van der Waals surface area contributed by atoms with E-state index in [-0.39, 0.29) is 18.6 Å². The van der Waals surface area contributed by atoms with Crippen LogP contribution in [0.4, 0.5) is 0 Å². The van der Waals surface area contributed by atoms with Crippen molar-refractivity contribution in [1.29, 1.82) is 0 Å². The number of aliphatic hydroxyl groups excluding tert-OH is 1. The molecular formula is C14H24N4O2. The molecule has 1 heterocycles. The van der Waals surface area contributed by atoms with Crippen molar-refractivity contribution in [2.45, 2.75) is 51.1 Å². The van der Waals surface area contributed by atoms with Gasteiger partial charge < -0.3 is 16.2 Å². The van der Waals surface area contributed by atoms with E-state index in [1.807, 2.05) is 10.9 Å². The van der Waals surface area contributed by atoms with Crippen molar-refractivity contribution in [3.63, 3.8) is 0 Å². The Morgan fingerprint density at radius 1 is 1.55 bits per heavy atom. The SMILES string of the molecule is NCCCCC(=O)NC1CCCc2c1cnn2CCO. The maximum atomic E-state index is 11.9. The molecule has 0 bridgehead atoms. The van der Waals surface area contributed by atoms with Gasteiger partial charge in [0.25, 0.3) is 0 Å². The van der Waals surface area contributed by atoms with E-state index in [1.165, 1.54) is 0 Å². The molecule has 1 aliphatic rings. The lowest BCUT2D eigenvalue weighted by Crippen LogP contribution is -2.31. The summed E-state index contributed by atoms with van der Waals surface area (Å²) in [6.07, 6.45) is 7.06. The fourth-order valence-corrected chi connectivity index (χ4v) is 2.75. The summed E-state index contributed by atoms with van der Waals surface area (Å²) >= 11 is 0. The highest BCUT2D eigenvalue weighted by atomic mass is 16.3. The third-order valence-electron chi connectivity index (χ3n) is 3.77. The molecule has 0 radical (unpaired) electrons. The smallest absolute Gasteiger partial charge is 0.220 e. The molecule has 1 amide bonds. The van der Waals surface area contributed by atoms with Crippen LogP contribution in [0, 0.1) is 0 Å². The standard InChI is InChI=1S/C14H24N4O2/c15-7-2-1-6-14(20)17-12-4-3-5-13-11(12)10-16-18(13)8-9-19/h10,12,19H,1-9,15H2,(H,17,20). The summed E-state index contributed by atoms with van der Waals surface area (Å²) < 4.78 is 1.85. The molecule has 0 saturated heterocycles. The molecule has 6 heteroatoms. The molecule has 1 atom stereocenters. The summed E-state index contributed by atoms with van der Waals surface area (Å²) in [7, 11) is 0. The van der Waals surface area contributed by atoms with Crippen LogP contribution in [0.5, 0.6) is 0 Å². The first kappa shape index (κ1) is 15.0. The number of nitrogens with two attached hydrogens (primary N) is 1. The third-order valence-corrected chi connectivity index (χ3v) is 3.77. The van der Waals surface area contributed by atoms with E-state index in [1.54, 1.807) is 0 Å². The molecule has 0 spiro atoms. The Kier molecular flexibility index (Phi) is 5.55. The van der Waals surface area contributed by atoms with Crippen LogP contribution in [0.3, 0.4) is 0 Å². The quantitative estimate of drug-likeness (QED) is 0.634. The highest BCUT2D eigenvalue weighted by Crippen LogP contribution is 2.29. The molecule has 1 aromatic rings. The Morgan fingerprint density at radius 2 is 2.40 bits per heavy atom. The predicted molar refractivity (Wildman–Crippen MR) is 76.0 cm³/mol. The molecule has 0 fully saturated rings. The Bertz CT molecular complexity index is 444. The number of aromatic nitrogens is 2. The maximum absolute atomic E-state index is 11.9. The number of amides is 1. The third kappa shape index (κ3) is 3.58. The molecule has 2 rings (SSSR count). The molecular weight excluding hydrogens is 256 g/mol. The van der Waals surface area contributed by atoms with Crippen LogP contribution < -0.4 is 11.1 Å². The molecule has 0 aromatic carbocycles. The molecule has 1 aromatic heterocycles. The van der Waals surface area contributed by atoms with Crippen LogP contribution in [-0.2, 0) is 17.8 Å². The van der Waals surface area contributed by atoms with Crippen molar-refractivity contribution >= 4 is 5.91 Å². The van der Waals surface area contributed by atoms with Gasteiger partial charge in [-0.3, -0.25) is 9.48 Å². The zero-order valence-electron chi connectivity index (χ0n) is 11.8. The van der Waals surface area contributed by atoms with Gasteiger partial charge in [-0.05, 0) is 38.6 Å². The van der Waals surface area contributed by atoms with Crippen molar-refractivity contribution in [3.05, 3.63) is 17.5 Å². The van der Waals surface area contributed by atoms with E-state index >= 15 is 0 Å². The number of nitrogens with zero attached hydrogens (tertiary/aromatic N) is 2. The Hall–Kier alpha value is -1.40. The number of hydrogen-bond acceptors (Lipinski definition) is 4. The average Bonchev–Trinajstić information content (AvgIpc) is 2.84. The van der Waals surface area contributed by atoms with Gasteiger partial charge in [0, 0.05) is 17.7 Å². The largest absolute Gasteiger partial charge is 0.394 e. The number of carbonyl (C=O) groups is 1. The fraction of sp³-hybridized carbons (Fsp3) is 0.714. The predicted octanol–water partition coefficient (Wildman–Crippen LogP) is 0.498. The second-order valence-corrected chi connectivity index (χ2v) is 5.25. The van der Waals surface area contributed by atoms with Crippen molar-refractivity contribution in [2.75, 3.05) is 13.2 Å². The summed E-state index contributed by atoms with van der Waals surface area (Å²) in [5, 5.41) is 16.4. The number of nitrogens with one attached hydrogen (secondary N) is 1. The van der Waals surface area contributed by atoms with Crippen LogP contribution in [0.2, 0.25) is 0 Å². The molecule has 20 heavy (non-hydrogen) atoms. The summed E-state index contributed by atoms with van der Waals surface area (Å²) in [6, 6.07) is 0.0663. The van der Waals surface area contributed by atoms with Crippen molar-refractivity contribution in [1.82, 2.24) is 15.1 Å². The first-order valence-corrected chi connectivity index (χ1v) is 7.41. The van der Waals surface area contributed by atoms with Gasteiger partial charge >= 0.3 is 0 Å². The molecule has 1 aliphatic carbocycles. The lowest BCUT2D eigenvalue weighted by molar-refractivity contribution is -0.122. The monoisotopic (exact) mass is 280 g/mol. The topological polar surface area (TPSA) is 93.2 Å². The summed E-state index contributed by atoms with van der Waals surface area (Å²) in [5.41, 5.74) is 7.69. The summed E-state index contributed by atoms with van der Waals surface area (Å²) in [6.45, 7) is 1.24. The van der Waals surface area contributed by atoms with Gasteiger partial charge in [0.1, 0.15) is 0 Å². The van der Waals surface area contributed by atoms with E-state index < -0.39 is 0 Å². The van der Waals surface area contributed by atoms with Crippen LogP contribution in [0.25, 0.3) is 0 Å². The van der Waals surface area contributed by atoms with E-state index in [4.69, 9.17) is 10.8 Å². The van der Waals surface area contributed by atoms with Gasteiger partial charge in [0.2, 0.25) is 5.91 Å². The Labute approximate surface area is 119 Å². The first-order valence-electron chi connectivity index (χ1n) is 7.41.